The van der Waals surface area contributed by atoms with Crippen LogP contribution in [0.1, 0.15) is 11.3 Å². The van der Waals surface area contributed by atoms with E-state index in [9.17, 15) is 0 Å². The molecule has 0 spiro atoms. The number of hydrogen-bond donors (Lipinski definition) is 0. The van der Waals surface area contributed by atoms with Gasteiger partial charge < -0.3 is 9.47 Å². The Morgan fingerprint density at radius 3 is 2.59 bits per heavy atom. The fourth-order valence-corrected chi connectivity index (χ4v) is 1.75. The van der Waals surface area contributed by atoms with Crippen LogP contribution in [0.15, 0.2) is 35.2 Å². The van der Waals surface area contributed by atoms with Crippen LogP contribution in [-0.4, -0.2) is 19.2 Å². The molecule has 0 bridgehead atoms. The summed E-state index contributed by atoms with van der Waals surface area (Å²) in [5.74, 6) is 0.875. The van der Waals surface area contributed by atoms with E-state index in [-0.39, 0.29) is 0 Å². The summed E-state index contributed by atoms with van der Waals surface area (Å²) in [5, 5.41) is 2.01. The number of aromatic nitrogens is 1. The van der Waals surface area contributed by atoms with Crippen LogP contribution in [0.3, 0.4) is 0 Å². The van der Waals surface area contributed by atoms with Crippen LogP contribution in [0.2, 0.25) is 0 Å². The summed E-state index contributed by atoms with van der Waals surface area (Å²) in [6.07, 6.45) is 0. The minimum atomic E-state index is 0.636. The maximum Gasteiger partial charge on any atom is 0.119 e. The van der Waals surface area contributed by atoms with Crippen molar-refractivity contribution < 1.29 is 9.47 Å². The van der Waals surface area contributed by atoms with E-state index in [0.717, 1.165) is 17.0 Å². The number of ether oxygens (including phenoxy) is 2. The molecule has 0 aliphatic heterocycles. The van der Waals surface area contributed by atoms with Crippen LogP contribution < -0.4 is 4.74 Å². The molecule has 4 heteroatoms. The van der Waals surface area contributed by atoms with Crippen molar-refractivity contribution in [2.45, 2.75) is 13.5 Å². The number of thiazole rings is 1. The number of hydrogen-bond acceptors (Lipinski definition) is 4. The predicted molar refractivity (Wildman–Crippen MR) is 70.6 cm³/mol. The van der Waals surface area contributed by atoms with Gasteiger partial charge in [0.1, 0.15) is 5.75 Å². The molecule has 0 saturated carbocycles. The van der Waals surface area contributed by atoms with Gasteiger partial charge in [-0.05, 0) is 24.6 Å². The van der Waals surface area contributed by atoms with Crippen molar-refractivity contribution in [3.05, 3.63) is 46.4 Å². The molecule has 2 aromatic rings. The zero-order chi connectivity index (χ0) is 12.5. The largest absolute Gasteiger partial charge is 0.497 e. The van der Waals surface area contributed by atoms with Crippen LogP contribution >= 0.6 is 11.3 Å². The van der Waals surface area contributed by atoms with E-state index in [1.54, 1.807) is 25.6 Å². The Balaban J connectivity index is 0.000000202. The van der Waals surface area contributed by atoms with Gasteiger partial charge in [0.25, 0.3) is 0 Å². The van der Waals surface area contributed by atoms with Gasteiger partial charge in [0, 0.05) is 18.2 Å². The summed E-state index contributed by atoms with van der Waals surface area (Å²) in [5.41, 5.74) is 4.07. The van der Waals surface area contributed by atoms with Gasteiger partial charge in [-0.3, -0.25) is 4.98 Å². The maximum atomic E-state index is 5.05. The number of nitrogens with zero attached hydrogens (tertiary/aromatic N) is 1. The Kier molecular flexibility index (Phi) is 6.29. The number of benzene rings is 1. The molecular weight excluding hydrogens is 234 g/mol. The van der Waals surface area contributed by atoms with E-state index in [1.807, 2.05) is 42.1 Å². The molecule has 0 fully saturated rings. The van der Waals surface area contributed by atoms with Crippen LogP contribution in [0.5, 0.6) is 5.75 Å². The Morgan fingerprint density at radius 2 is 2.12 bits per heavy atom. The molecule has 3 nitrogen and oxygen atoms in total. The van der Waals surface area contributed by atoms with Gasteiger partial charge in [-0.2, -0.15) is 0 Å². The molecule has 0 atom stereocenters. The van der Waals surface area contributed by atoms with Crippen molar-refractivity contribution in [1.29, 1.82) is 0 Å². The number of rotatable bonds is 3. The average Bonchev–Trinajstić information content (AvgIpc) is 2.82. The minimum Gasteiger partial charge on any atom is -0.497 e. The Bertz CT molecular complexity index is 415. The number of methoxy groups -OCH3 is 2. The van der Waals surface area contributed by atoms with Crippen LogP contribution in [0.4, 0.5) is 0 Å². The Hall–Kier alpha value is -1.39. The molecule has 0 radical (unpaired) electrons. The van der Waals surface area contributed by atoms with Crippen LogP contribution in [0, 0.1) is 6.92 Å². The van der Waals surface area contributed by atoms with E-state index in [0.29, 0.717) is 6.61 Å². The van der Waals surface area contributed by atoms with E-state index in [4.69, 9.17) is 9.47 Å². The first-order chi connectivity index (χ1) is 8.26. The SMILES string of the molecule is COCc1cccc(OC)c1.Cc1cscn1. The molecule has 0 unspecified atom stereocenters. The van der Waals surface area contributed by atoms with Crippen molar-refractivity contribution in [2.24, 2.45) is 0 Å². The van der Waals surface area contributed by atoms with E-state index < -0.39 is 0 Å². The molecule has 0 aliphatic rings. The third-order valence-electron chi connectivity index (χ3n) is 2.00. The maximum absolute atomic E-state index is 5.05. The van der Waals surface area contributed by atoms with Gasteiger partial charge in [0.15, 0.2) is 0 Å². The lowest BCUT2D eigenvalue weighted by Crippen LogP contribution is -1.88. The smallest absolute Gasteiger partial charge is 0.119 e. The molecule has 0 amide bonds. The van der Waals surface area contributed by atoms with Gasteiger partial charge in [-0.1, -0.05) is 12.1 Å². The van der Waals surface area contributed by atoms with E-state index >= 15 is 0 Å². The first kappa shape index (κ1) is 13.7. The van der Waals surface area contributed by atoms with Gasteiger partial charge in [0.2, 0.25) is 0 Å². The summed E-state index contributed by atoms with van der Waals surface area (Å²) in [7, 11) is 3.34. The first-order valence-electron chi connectivity index (χ1n) is 5.23. The van der Waals surface area contributed by atoms with E-state index in [2.05, 4.69) is 4.98 Å². The standard InChI is InChI=1S/C9H12O2.C4H5NS/c1-10-7-8-4-3-5-9(6-8)11-2;1-4-2-6-3-5-4/h3-6H,7H2,1-2H3;2-3H,1H3. The summed E-state index contributed by atoms with van der Waals surface area (Å²) in [6, 6.07) is 7.84. The lowest BCUT2D eigenvalue weighted by molar-refractivity contribution is 0.184. The normalized spacial score (nSPS) is 9.35. The molecule has 1 aromatic heterocycles. The summed E-state index contributed by atoms with van der Waals surface area (Å²) < 4.78 is 10.0. The molecule has 92 valence electrons. The second-order valence-corrected chi connectivity index (χ2v) is 4.13. The zero-order valence-electron chi connectivity index (χ0n) is 10.3. The molecule has 0 N–H and O–H groups in total. The fourth-order valence-electron chi connectivity index (χ4n) is 1.20. The average molecular weight is 251 g/mol. The van der Waals surface area contributed by atoms with Gasteiger partial charge in [-0.15, -0.1) is 11.3 Å². The van der Waals surface area contributed by atoms with Crippen LogP contribution in [0.25, 0.3) is 0 Å². The quantitative estimate of drug-likeness (QED) is 0.838. The second-order valence-electron chi connectivity index (χ2n) is 3.41. The molecule has 2 rings (SSSR count). The van der Waals surface area contributed by atoms with Crippen molar-refractivity contribution in [1.82, 2.24) is 4.98 Å². The van der Waals surface area contributed by atoms with Crippen molar-refractivity contribution >= 4 is 11.3 Å². The van der Waals surface area contributed by atoms with Crippen molar-refractivity contribution in [2.75, 3.05) is 14.2 Å². The molecule has 17 heavy (non-hydrogen) atoms. The molecule has 1 heterocycles. The van der Waals surface area contributed by atoms with E-state index in [1.165, 1.54) is 0 Å². The molecular formula is C13H17NO2S. The summed E-state index contributed by atoms with van der Waals surface area (Å²) in [4.78, 5) is 3.94. The molecule has 1 aromatic carbocycles. The molecule has 0 aliphatic carbocycles. The second kappa shape index (κ2) is 7.81. The van der Waals surface area contributed by atoms with Crippen molar-refractivity contribution in [3.63, 3.8) is 0 Å². The lowest BCUT2D eigenvalue weighted by Gasteiger charge is -2.02. The highest BCUT2D eigenvalue weighted by molar-refractivity contribution is 7.07. The monoisotopic (exact) mass is 251 g/mol. The van der Waals surface area contributed by atoms with Crippen LogP contribution in [-0.2, 0) is 11.3 Å². The lowest BCUT2D eigenvalue weighted by atomic mass is 10.2. The minimum absolute atomic E-state index is 0.636. The molecule has 0 saturated heterocycles. The highest BCUT2D eigenvalue weighted by atomic mass is 32.1. The van der Waals surface area contributed by atoms with Gasteiger partial charge in [0.05, 0.1) is 19.2 Å². The fraction of sp³-hybridized carbons (Fsp3) is 0.308. The summed E-state index contributed by atoms with van der Waals surface area (Å²) >= 11 is 1.63. The highest BCUT2D eigenvalue weighted by Gasteiger charge is 1.93. The third-order valence-corrected chi connectivity index (χ3v) is 2.71. The predicted octanol–water partition coefficient (Wildman–Crippen LogP) is 3.29. The van der Waals surface area contributed by atoms with Gasteiger partial charge >= 0.3 is 0 Å². The topological polar surface area (TPSA) is 31.4 Å². The summed E-state index contributed by atoms with van der Waals surface area (Å²) in [6.45, 7) is 2.62. The third kappa shape index (κ3) is 5.47. The number of aryl methyl sites for hydroxylation is 1. The Morgan fingerprint density at radius 1 is 1.29 bits per heavy atom. The Labute approximate surface area is 106 Å². The van der Waals surface area contributed by atoms with Crippen molar-refractivity contribution in [3.8, 4) is 5.75 Å². The highest BCUT2D eigenvalue weighted by Crippen LogP contribution is 2.12. The van der Waals surface area contributed by atoms with Gasteiger partial charge in [-0.25, -0.2) is 0 Å². The zero-order valence-corrected chi connectivity index (χ0v) is 11.2. The first-order valence-corrected chi connectivity index (χ1v) is 6.17.